The Kier molecular flexibility index (Phi) is 2.37. The fourth-order valence-electron chi connectivity index (χ4n) is 2.90. The molecule has 1 aromatic heterocycles. The summed E-state index contributed by atoms with van der Waals surface area (Å²) >= 11 is 0. The lowest BCUT2D eigenvalue weighted by Gasteiger charge is -2.00. The van der Waals surface area contributed by atoms with Gasteiger partial charge in [-0.15, -0.1) is 0 Å². The highest BCUT2D eigenvalue weighted by atomic mass is 32.2. The molecule has 0 aliphatic carbocycles. The van der Waals surface area contributed by atoms with Gasteiger partial charge < -0.3 is 4.98 Å². The van der Waals surface area contributed by atoms with Crippen LogP contribution in [0.15, 0.2) is 47.4 Å². The Hall–Kier alpha value is -1.41. The van der Waals surface area contributed by atoms with Crippen LogP contribution in [0.4, 0.5) is 0 Å². The van der Waals surface area contributed by atoms with Gasteiger partial charge in [-0.05, 0) is 31.0 Å². The van der Waals surface area contributed by atoms with Crippen molar-refractivity contribution in [2.45, 2.75) is 17.7 Å². The van der Waals surface area contributed by atoms with Crippen LogP contribution in [0.5, 0.6) is 0 Å². The Balaban J connectivity index is 1.94. The summed E-state index contributed by atoms with van der Waals surface area (Å²) in [5.74, 6) is 2.79. The summed E-state index contributed by atoms with van der Waals surface area (Å²) in [5.41, 5.74) is 2.52. The molecule has 1 saturated heterocycles. The fraction of sp³-hybridized carbons (Fsp3) is 0.250. The first-order valence-electron chi connectivity index (χ1n) is 6.60. The maximum atomic E-state index is 3.50. The molecule has 1 aliphatic rings. The zero-order valence-electron chi connectivity index (χ0n) is 10.3. The van der Waals surface area contributed by atoms with Gasteiger partial charge in [0.2, 0.25) is 0 Å². The predicted molar refractivity (Wildman–Crippen MR) is 80.4 cm³/mol. The van der Waals surface area contributed by atoms with Gasteiger partial charge in [-0.2, -0.15) is 0 Å². The molecular formula is C16H16NS+. The van der Waals surface area contributed by atoms with Crippen LogP contribution in [0.3, 0.4) is 0 Å². The molecular weight excluding hydrogens is 238 g/mol. The van der Waals surface area contributed by atoms with Crippen molar-refractivity contribution in [3.05, 3.63) is 42.5 Å². The molecule has 2 heteroatoms. The minimum absolute atomic E-state index is 0.512. The number of rotatable bonds is 1. The minimum atomic E-state index is 0.512. The van der Waals surface area contributed by atoms with Crippen molar-refractivity contribution in [2.24, 2.45) is 0 Å². The molecule has 1 N–H and O–H groups in total. The highest BCUT2D eigenvalue weighted by Crippen LogP contribution is 2.30. The second kappa shape index (κ2) is 4.06. The maximum Gasteiger partial charge on any atom is 0.155 e. The molecule has 0 bridgehead atoms. The summed E-state index contributed by atoms with van der Waals surface area (Å²) in [6.07, 6.45) is 2.82. The SMILES string of the molecule is c1ccc2c(c1)[nH]c1ccc([S+]3CCCC3)cc12. The average Bonchev–Trinajstić information content (AvgIpc) is 3.05. The van der Waals surface area contributed by atoms with Gasteiger partial charge in [0.25, 0.3) is 0 Å². The molecule has 0 atom stereocenters. The number of hydrogen-bond acceptors (Lipinski definition) is 0. The lowest BCUT2D eigenvalue weighted by atomic mass is 10.1. The zero-order chi connectivity index (χ0) is 11.9. The summed E-state index contributed by atoms with van der Waals surface area (Å²) in [6, 6.07) is 15.6. The molecule has 90 valence electrons. The molecule has 0 unspecified atom stereocenters. The quantitative estimate of drug-likeness (QED) is 0.629. The average molecular weight is 254 g/mol. The van der Waals surface area contributed by atoms with Crippen LogP contribution < -0.4 is 0 Å². The van der Waals surface area contributed by atoms with Crippen molar-refractivity contribution in [3.63, 3.8) is 0 Å². The third-order valence-electron chi connectivity index (χ3n) is 3.84. The summed E-state index contributed by atoms with van der Waals surface area (Å²) < 4.78 is 0. The molecule has 0 spiro atoms. The number of aromatic nitrogens is 1. The normalized spacial score (nSPS) is 16.9. The van der Waals surface area contributed by atoms with Crippen molar-refractivity contribution in [1.29, 1.82) is 0 Å². The van der Waals surface area contributed by atoms with E-state index >= 15 is 0 Å². The van der Waals surface area contributed by atoms with Gasteiger partial charge in [0.15, 0.2) is 4.90 Å². The Bertz CT molecular complexity index is 707. The number of hydrogen-bond donors (Lipinski definition) is 1. The number of para-hydroxylation sites is 1. The lowest BCUT2D eigenvalue weighted by molar-refractivity contribution is 0.949. The Morgan fingerprint density at radius 1 is 0.833 bits per heavy atom. The van der Waals surface area contributed by atoms with Crippen molar-refractivity contribution < 1.29 is 0 Å². The molecule has 0 amide bonds. The Morgan fingerprint density at radius 3 is 2.50 bits per heavy atom. The second-order valence-electron chi connectivity index (χ2n) is 4.99. The van der Waals surface area contributed by atoms with Crippen LogP contribution in [0, 0.1) is 0 Å². The summed E-state index contributed by atoms with van der Waals surface area (Å²) in [4.78, 5) is 5.06. The van der Waals surface area contributed by atoms with Gasteiger partial charge in [0, 0.05) is 38.8 Å². The molecule has 2 aromatic carbocycles. The molecule has 1 aliphatic heterocycles. The van der Waals surface area contributed by atoms with Crippen LogP contribution >= 0.6 is 0 Å². The van der Waals surface area contributed by atoms with Crippen molar-refractivity contribution in [2.75, 3.05) is 11.5 Å². The third kappa shape index (κ3) is 1.56. The smallest absolute Gasteiger partial charge is 0.155 e. The monoisotopic (exact) mass is 254 g/mol. The van der Waals surface area contributed by atoms with Crippen molar-refractivity contribution >= 4 is 32.7 Å². The van der Waals surface area contributed by atoms with Crippen LogP contribution in [0.1, 0.15) is 12.8 Å². The predicted octanol–water partition coefficient (Wildman–Crippen LogP) is 4.09. The topological polar surface area (TPSA) is 15.8 Å². The zero-order valence-corrected chi connectivity index (χ0v) is 11.1. The highest BCUT2D eigenvalue weighted by Gasteiger charge is 2.27. The van der Waals surface area contributed by atoms with Crippen molar-refractivity contribution in [1.82, 2.24) is 4.98 Å². The van der Waals surface area contributed by atoms with Crippen LogP contribution in [0.25, 0.3) is 21.8 Å². The highest BCUT2D eigenvalue weighted by molar-refractivity contribution is 7.97. The minimum Gasteiger partial charge on any atom is -0.355 e. The van der Waals surface area contributed by atoms with Crippen LogP contribution in [0.2, 0.25) is 0 Å². The first kappa shape index (κ1) is 10.5. The maximum absolute atomic E-state index is 3.50. The van der Waals surface area contributed by atoms with E-state index < -0.39 is 0 Å². The Labute approximate surface area is 110 Å². The molecule has 2 heterocycles. The second-order valence-corrected chi connectivity index (χ2v) is 7.26. The number of aromatic amines is 1. The van der Waals surface area contributed by atoms with E-state index in [-0.39, 0.29) is 0 Å². The molecule has 4 rings (SSSR count). The molecule has 3 aromatic rings. The van der Waals surface area contributed by atoms with Gasteiger partial charge in [-0.1, -0.05) is 18.2 Å². The van der Waals surface area contributed by atoms with E-state index in [1.54, 1.807) is 4.90 Å². The van der Waals surface area contributed by atoms with E-state index in [1.165, 1.54) is 46.2 Å². The number of benzene rings is 2. The van der Waals surface area contributed by atoms with E-state index in [0.29, 0.717) is 10.9 Å². The number of H-pyrrole nitrogens is 1. The molecule has 1 fully saturated rings. The van der Waals surface area contributed by atoms with Crippen molar-refractivity contribution in [3.8, 4) is 0 Å². The van der Waals surface area contributed by atoms with E-state index in [9.17, 15) is 0 Å². The summed E-state index contributed by atoms with van der Waals surface area (Å²) in [5, 5.41) is 2.75. The van der Waals surface area contributed by atoms with Crippen LogP contribution in [-0.4, -0.2) is 16.5 Å². The first-order valence-corrected chi connectivity index (χ1v) is 8.16. The molecule has 0 radical (unpaired) electrons. The van der Waals surface area contributed by atoms with E-state index in [0.717, 1.165) is 0 Å². The fourth-order valence-corrected chi connectivity index (χ4v) is 5.22. The van der Waals surface area contributed by atoms with E-state index in [1.807, 2.05) is 0 Å². The molecule has 1 nitrogen and oxygen atoms in total. The third-order valence-corrected chi connectivity index (χ3v) is 6.33. The van der Waals surface area contributed by atoms with Gasteiger partial charge in [0.1, 0.15) is 11.5 Å². The standard InChI is InChI=1S/C16H16NS/c1-2-6-15-13(5-1)14-11-12(7-8-16(14)17-15)18-9-3-4-10-18/h1-2,5-8,11,17H,3-4,9-10H2/q+1. The van der Waals surface area contributed by atoms with E-state index in [4.69, 9.17) is 0 Å². The van der Waals surface area contributed by atoms with Crippen LogP contribution in [-0.2, 0) is 10.9 Å². The largest absolute Gasteiger partial charge is 0.355 e. The molecule has 18 heavy (non-hydrogen) atoms. The number of nitrogens with one attached hydrogen (secondary N) is 1. The first-order chi connectivity index (χ1) is 8.92. The summed E-state index contributed by atoms with van der Waals surface area (Å²) in [6.45, 7) is 0. The van der Waals surface area contributed by atoms with Gasteiger partial charge in [-0.3, -0.25) is 0 Å². The van der Waals surface area contributed by atoms with E-state index in [2.05, 4.69) is 47.4 Å². The van der Waals surface area contributed by atoms with Gasteiger partial charge in [-0.25, -0.2) is 0 Å². The van der Waals surface area contributed by atoms with Gasteiger partial charge in [0.05, 0.1) is 0 Å². The van der Waals surface area contributed by atoms with Gasteiger partial charge >= 0.3 is 0 Å². The Morgan fingerprint density at radius 2 is 1.61 bits per heavy atom. The lowest BCUT2D eigenvalue weighted by Crippen LogP contribution is -2.03. The molecule has 0 saturated carbocycles. The summed E-state index contributed by atoms with van der Waals surface area (Å²) in [7, 11) is 0.512. The number of fused-ring (bicyclic) bond motifs is 3.